The summed E-state index contributed by atoms with van der Waals surface area (Å²) in [6.45, 7) is 5.31. The number of nitrogens with zero attached hydrogens (tertiary/aromatic N) is 4. The molecule has 0 saturated carbocycles. The zero-order valence-electron chi connectivity index (χ0n) is 19.1. The van der Waals surface area contributed by atoms with Crippen LogP contribution in [0.25, 0.3) is 0 Å². The first-order chi connectivity index (χ1) is 16.5. The fourth-order valence-corrected chi connectivity index (χ4v) is 4.18. The molecule has 2 aliphatic heterocycles. The van der Waals surface area contributed by atoms with Crippen LogP contribution in [0.3, 0.4) is 0 Å². The smallest absolute Gasteiger partial charge is 0.338 e. The summed E-state index contributed by atoms with van der Waals surface area (Å²) in [6, 6.07) is 9.83. The minimum absolute atomic E-state index is 0.236. The molecule has 2 amide bonds. The van der Waals surface area contributed by atoms with Gasteiger partial charge in [-0.05, 0) is 36.8 Å². The van der Waals surface area contributed by atoms with E-state index < -0.39 is 12.0 Å². The lowest BCUT2D eigenvalue weighted by Crippen LogP contribution is -2.52. The number of aromatic nitrogens is 2. The van der Waals surface area contributed by atoms with Gasteiger partial charge in [0, 0.05) is 38.4 Å². The molecule has 0 aliphatic carbocycles. The molecule has 0 unspecified atom stereocenters. The van der Waals surface area contributed by atoms with Crippen molar-refractivity contribution in [3.05, 3.63) is 58.4 Å². The highest BCUT2D eigenvalue weighted by molar-refractivity contribution is 6.29. The monoisotopic (exact) mass is 486 g/mol. The molecule has 1 fully saturated rings. The Labute approximate surface area is 202 Å². The van der Waals surface area contributed by atoms with Crippen LogP contribution in [0.5, 0.6) is 5.75 Å². The Hall–Kier alpha value is -3.37. The summed E-state index contributed by atoms with van der Waals surface area (Å²) in [6.07, 6.45) is 0. The molecule has 2 N–H and O–H groups in total. The van der Waals surface area contributed by atoms with E-state index in [1.54, 1.807) is 32.2 Å². The summed E-state index contributed by atoms with van der Waals surface area (Å²) in [4.78, 5) is 29.8. The molecule has 1 aromatic heterocycles. The number of amides is 2. The topological polar surface area (TPSA) is 109 Å². The number of carbonyl (C=O) groups excluding carboxylic acids is 2. The van der Waals surface area contributed by atoms with Crippen LogP contribution >= 0.6 is 11.6 Å². The number of methoxy groups -OCH3 is 1. The summed E-state index contributed by atoms with van der Waals surface area (Å²) in [5, 5.41) is 14.1. The lowest BCUT2D eigenvalue weighted by Gasteiger charge is -2.37. The highest BCUT2D eigenvalue weighted by atomic mass is 35.5. The number of carbonyl (C=O) groups is 2. The molecule has 2 aromatic rings. The minimum atomic E-state index is -0.626. The normalized spacial score (nSPS) is 18.9. The van der Waals surface area contributed by atoms with Crippen LogP contribution in [0.1, 0.15) is 18.5 Å². The third kappa shape index (κ3) is 5.40. The van der Waals surface area contributed by atoms with E-state index in [4.69, 9.17) is 21.1 Å². The molecule has 1 saturated heterocycles. The van der Waals surface area contributed by atoms with Gasteiger partial charge >= 0.3 is 12.0 Å². The molecule has 2 aliphatic rings. The van der Waals surface area contributed by atoms with Crippen LogP contribution in [0.4, 0.5) is 10.6 Å². The second-order valence-electron chi connectivity index (χ2n) is 7.89. The maximum Gasteiger partial charge on any atom is 0.338 e. The number of hydrogen-bond acceptors (Lipinski definition) is 8. The van der Waals surface area contributed by atoms with E-state index >= 15 is 0 Å². The number of hydrogen-bond donors (Lipinski definition) is 2. The molecule has 11 heteroatoms. The van der Waals surface area contributed by atoms with Crippen LogP contribution in [0.15, 0.2) is 47.7 Å². The fourth-order valence-electron chi connectivity index (χ4n) is 4.08. The van der Waals surface area contributed by atoms with Crippen LogP contribution in [0, 0.1) is 0 Å². The molecule has 0 radical (unpaired) electrons. The Morgan fingerprint density at radius 1 is 1.12 bits per heavy atom. The van der Waals surface area contributed by atoms with Crippen LogP contribution < -0.4 is 20.3 Å². The van der Waals surface area contributed by atoms with Crippen LogP contribution in [-0.4, -0.2) is 73.5 Å². The Morgan fingerprint density at radius 2 is 1.85 bits per heavy atom. The Bertz CT molecular complexity index is 1050. The number of benzene rings is 1. The van der Waals surface area contributed by atoms with Gasteiger partial charge in [0.1, 0.15) is 5.75 Å². The first-order valence-electron chi connectivity index (χ1n) is 11.1. The molecule has 180 valence electrons. The van der Waals surface area contributed by atoms with E-state index in [1.807, 2.05) is 18.2 Å². The van der Waals surface area contributed by atoms with Crippen molar-refractivity contribution in [3.8, 4) is 5.75 Å². The van der Waals surface area contributed by atoms with E-state index in [0.29, 0.717) is 28.7 Å². The number of anilines is 1. The van der Waals surface area contributed by atoms with Crippen molar-refractivity contribution in [2.75, 3.05) is 51.3 Å². The van der Waals surface area contributed by atoms with Gasteiger partial charge in [-0.25, -0.2) is 9.59 Å². The average Bonchev–Trinajstić information content (AvgIpc) is 2.85. The second-order valence-corrected chi connectivity index (χ2v) is 8.28. The fraction of sp³-hybridized carbons (Fsp3) is 0.391. The van der Waals surface area contributed by atoms with Gasteiger partial charge in [0.05, 0.1) is 25.3 Å². The van der Waals surface area contributed by atoms with Crippen molar-refractivity contribution in [1.82, 2.24) is 25.7 Å². The molecule has 3 heterocycles. The average molecular weight is 487 g/mol. The van der Waals surface area contributed by atoms with Crippen LogP contribution in [-0.2, 0) is 9.53 Å². The molecular formula is C23H27ClN6O4. The lowest BCUT2D eigenvalue weighted by molar-refractivity contribution is -0.139. The maximum absolute atomic E-state index is 13.0. The molecule has 1 atom stereocenters. The van der Waals surface area contributed by atoms with E-state index in [1.165, 1.54) is 0 Å². The molecule has 34 heavy (non-hydrogen) atoms. The molecule has 0 bridgehead atoms. The Balaban J connectivity index is 1.54. The first kappa shape index (κ1) is 23.8. The SMILES string of the molecule is CCOC(=O)C1=C(CN2CCN(c3ccc(Cl)nn3)CC2)NC(=O)N[C@@H]1c1ccc(OC)cc1. The highest BCUT2D eigenvalue weighted by Crippen LogP contribution is 2.29. The van der Waals surface area contributed by atoms with E-state index in [-0.39, 0.29) is 12.6 Å². The van der Waals surface area contributed by atoms with E-state index in [9.17, 15) is 9.59 Å². The van der Waals surface area contributed by atoms with E-state index in [0.717, 1.165) is 37.6 Å². The third-order valence-electron chi connectivity index (χ3n) is 5.79. The van der Waals surface area contributed by atoms with Gasteiger partial charge in [-0.1, -0.05) is 23.7 Å². The van der Waals surface area contributed by atoms with Crippen molar-refractivity contribution in [3.63, 3.8) is 0 Å². The molecule has 0 spiro atoms. The number of esters is 1. The lowest BCUT2D eigenvalue weighted by atomic mass is 9.94. The number of nitrogens with one attached hydrogen (secondary N) is 2. The first-order valence-corrected chi connectivity index (χ1v) is 11.4. The van der Waals surface area contributed by atoms with Crippen molar-refractivity contribution < 1.29 is 19.1 Å². The Morgan fingerprint density at radius 3 is 2.47 bits per heavy atom. The standard InChI is InChI=1S/C23H27ClN6O4/c1-3-34-22(31)20-17(25-23(32)26-21(20)15-4-6-16(33-2)7-5-15)14-29-10-12-30(13-11-29)19-9-8-18(24)27-28-19/h4-9,21H,3,10-14H2,1-2H3,(H2,25,26,32)/t21-/m1/s1. The van der Waals surface area contributed by atoms with Gasteiger partial charge in [-0.3, -0.25) is 4.90 Å². The van der Waals surface area contributed by atoms with Gasteiger partial charge in [0.2, 0.25) is 0 Å². The second kappa shape index (κ2) is 10.7. The van der Waals surface area contributed by atoms with Gasteiger partial charge in [0.15, 0.2) is 11.0 Å². The summed E-state index contributed by atoms with van der Waals surface area (Å²) in [5.41, 5.74) is 1.71. The molecule has 4 rings (SSSR count). The number of halogens is 1. The van der Waals surface area contributed by atoms with Gasteiger partial charge in [0.25, 0.3) is 0 Å². The third-order valence-corrected chi connectivity index (χ3v) is 6.00. The van der Waals surface area contributed by atoms with Crippen molar-refractivity contribution in [2.24, 2.45) is 0 Å². The van der Waals surface area contributed by atoms with Crippen molar-refractivity contribution >= 4 is 29.4 Å². The predicted octanol–water partition coefficient (Wildman–Crippen LogP) is 2.13. The maximum atomic E-state index is 13.0. The van der Waals surface area contributed by atoms with Gasteiger partial charge < -0.3 is 25.0 Å². The Kier molecular flexibility index (Phi) is 7.49. The molecular weight excluding hydrogens is 460 g/mol. The summed E-state index contributed by atoms with van der Waals surface area (Å²) in [7, 11) is 1.59. The zero-order chi connectivity index (χ0) is 24.1. The minimum Gasteiger partial charge on any atom is -0.497 e. The quantitative estimate of drug-likeness (QED) is 0.573. The number of rotatable bonds is 7. The van der Waals surface area contributed by atoms with Crippen LogP contribution in [0.2, 0.25) is 5.15 Å². The summed E-state index contributed by atoms with van der Waals surface area (Å²) >= 11 is 5.84. The zero-order valence-corrected chi connectivity index (χ0v) is 19.8. The highest BCUT2D eigenvalue weighted by Gasteiger charge is 2.34. The predicted molar refractivity (Wildman–Crippen MR) is 127 cm³/mol. The van der Waals surface area contributed by atoms with E-state index in [2.05, 4.69) is 30.6 Å². The summed E-state index contributed by atoms with van der Waals surface area (Å²) in [5.74, 6) is 1.00. The largest absolute Gasteiger partial charge is 0.497 e. The summed E-state index contributed by atoms with van der Waals surface area (Å²) < 4.78 is 10.6. The number of piperazine rings is 1. The molecule has 10 nitrogen and oxygen atoms in total. The number of urea groups is 1. The van der Waals surface area contributed by atoms with Gasteiger partial charge in [-0.15, -0.1) is 10.2 Å². The van der Waals surface area contributed by atoms with Crippen molar-refractivity contribution in [1.29, 1.82) is 0 Å². The molecule has 1 aromatic carbocycles. The number of ether oxygens (including phenoxy) is 2. The van der Waals surface area contributed by atoms with Gasteiger partial charge in [-0.2, -0.15) is 0 Å². The van der Waals surface area contributed by atoms with Crippen molar-refractivity contribution in [2.45, 2.75) is 13.0 Å².